The van der Waals surface area contributed by atoms with E-state index in [0.29, 0.717) is 18.8 Å². The largest absolute Gasteiger partial charge is 0.461 e. The molecule has 0 saturated carbocycles. The lowest BCUT2D eigenvalue weighted by molar-refractivity contribution is 0.0520. The molecule has 3 rings (SSSR count). The number of thiazole rings is 1. The molecule has 29 heavy (non-hydrogen) atoms. The molecule has 11 heteroatoms. The summed E-state index contributed by atoms with van der Waals surface area (Å²) in [5.74, 6) is -1.08. The van der Waals surface area contributed by atoms with E-state index in [-0.39, 0.29) is 41.0 Å². The van der Waals surface area contributed by atoms with Gasteiger partial charge in [-0.2, -0.15) is 4.31 Å². The first-order valence-electron chi connectivity index (χ1n) is 8.95. The number of amides is 1. The first-order valence-corrected chi connectivity index (χ1v) is 11.3. The molecule has 1 N–H and O–H groups in total. The third kappa shape index (κ3) is 4.81. The fourth-order valence-electron chi connectivity index (χ4n) is 2.74. The van der Waals surface area contributed by atoms with Crippen molar-refractivity contribution in [3.05, 3.63) is 40.4 Å². The number of aryl methyl sites for hydroxylation is 1. The van der Waals surface area contributed by atoms with Crippen LogP contribution < -0.4 is 5.32 Å². The fourth-order valence-corrected chi connectivity index (χ4v) is 4.85. The van der Waals surface area contributed by atoms with Crippen LogP contribution in [0, 0.1) is 6.92 Å². The summed E-state index contributed by atoms with van der Waals surface area (Å²) in [6.45, 7) is 4.85. The maximum Gasteiger partial charge on any atom is 0.357 e. The van der Waals surface area contributed by atoms with Gasteiger partial charge in [0.25, 0.3) is 5.91 Å². The number of ether oxygens (including phenoxy) is 2. The first kappa shape index (κ1) is 21.4. The van der Waals surface area contributed by atoms with Gasteiger partial charge in [0.1, 0.15) is 0 Å². The van der Waals surface area contributed by atoms with Gasteiger partial charge in [-0.05, 0) is 31.5 Å². The summed E-state index contributed by atoms with van der Waals surface area (Å²) in [5, 5.41) is 4.31. The van der Waals surface area contributed by atoms with E-state index in [1.54, 1.807) is 19.9 Å². The van der Waals surface area contributed by atoms with Crippen LogP contribution in [0.5, 0.6) is 0 Å². The third-order valence-electron chi connectivity index (χ3n) is 4.27. The molecule has 1 aromatic carbocycles. The Labute approximate surface area is 172 Å². The van der Waals surface area contributed by atoms with E-state index in [0.717, 1.165) is 11.3 Å². The number of benzene rings is 1. The monoisotopic (exact) mass is 439 g/mol. The molecule has 0 radical (unpaired) electrons. The summed E-state index contributed by atoms with van der Waals surface area (Å²) in [7, 11) is -3.72. The zero-order chi connectivity index (χ0) is 21.0. The molecule has 1 aliphatic heterocycles. The van der Waals surface area contributed by atoms with Crippen molar-refractivity contribution >= 4 is 38.4 Å². The van der Waals surface area contributed by atoms with Gasteiger partial charge in [0.2, 0.25) is 10.0 Å². The van der Waals surface area contributed by atoms with Gasteiger partial charge in [-0.15, -0.1) is 11.3 Å². The average molecular weight is 440 g/mol. The van der Waals surface area contributed by atoms with Crippen molar-refractivity contribution in [2.24, 2.45) is 0 Å². The standard InChI is InChI=1S/C18H21N3O6S2/c1-3-27-17(23)15-11-28-18(19-15)20-16(22)14-10-13(5-4-12(14)2)29(24,25)21-6-8-26-9-7-21/h4-5,10-11H,3,6-9H2,1-2H3,(H,19,20,22). The van der Waals surface area contributed by atoms with Crippen LogP contribution in [0.1, 0.15) is 33.3 Å². The molecule has 0 atom stereocenters. The molecule has 1 fully saturated rings. The average Bonchev–Trinajstić information content (AvgIpc) is 3.17. The van der Waals surface area contributed by atoms with Gasteiger partial charge < -0.3 is 9.47 Å². The van der Waals surface area contributed by atoms with Crippen LogP contribution in [0.25, 0.3) is 0 Å². The minimum Gasteiger partial charge on any atom is -0.461 e. The van der Waals surface area contributed by atoms with Crippen molar-refractivity contribution in [1.29, 1.82) is 0 Å². The van der Waals surface area contributed by atoms with E-state index < -0.39 is 21.9 Å². The van der Waals surface area contributed by atoms with Gasteiger partial charge in [0.15, 0.2) is 10.8 Å². The van der Waals surface area contributed by atoms with E-state index in [9.17, 15) is 18.0 Å². The second-order valence-corrected chi connectivity index (χ2v) is 9.00. The third-order valence-corrected chi connectivity index (χ3v) is 6.92. The second-order valence-electron chi connectivity index (χ2n) is 6.21. The molecule has 0 aliphatic carbocycles. The normalized spacial score (nSPS) is 15.1. The molecular formula is C18H21N3O6S2. The van der Waals surface area contributed by atoms with E-state index >= 15 is 0 Å². The van der Waals surface area contributed by atoms with Crippen LogP contribution in [-0.2, 0) is 19.5 Å². The smallest absolute Gasteiger partial charge is 0.357 e. The molecule has 1 saturated heterocycles. The molecule has 2 heterocycles. The predicted molar refractivity (Wildman–Crippen MR) is 107 cm³/mol. The number of sulfonamides is 1. The Bertz CT molecular complexity index is 1010. The Hall–Kier alpha value is -2.34. The number of carbonyl (C=O) groups is 2. The van der Waals surface area contributed by atoms with Crippen molar-refractivity contribution in [2.45, 2.75) is 18.7 Å². The summed E-state index contributed by atoms with van der Waals surface area (Å²) >= 11 is 1.08. The fraction of sp³-hybridized carbons (Fsp3) is 0.389. The molecule has 9 nitrogen and oxygen atoms in total. The Balaban J connectivity index is 1.81. The summed E-state index contributed by atoms with van der Waals surface area (Å²) in [6.07, 6.45) is 0. The number of aromatic nitrogens is 1. The van der Waals surface area contributed by atoms with E-state index in [2.05, 4.69) is 10.3 Å². The summed E-state index contributed by atoms with van der Waals surface area (Å²) in [6, 6.07) is 4.43. The van der Waals surface area contributed by atoms with Gasteiger partial charge >= 0.3 is 5.97 Å². The molecular weight excluding hydrogens is 418 g/mol. The van der Waals surface area contributed by atoms with Crippen molar-refractivity contribution in [3.8, 4) is 0 Å². The van der Waals surface area contributed by atoms with Crippen LogP contribution in [0.2, 0.25) is 0 Å². The number of morpholine rings is 1. The number of rotatable bonds is 6. The number of hydrogen-bond acceptors (Lipinski definition) is 8. The Morgan fingerprint density at radius 2 is 2.03 bits per heavy atom. The lowest BCUT2D eigenvalue weighted by atomic mass is 10.1. The second kappa shape index (κ2) is 8.99. The molecule has 0 bridgehead atoms. The molecule has 0 spiro atoms. The highest BCUT2D eigenvalue weighted by Crippen LogP contribution is 2.22. The highest BCUT2D eigenvalue weighted by Gasteiger charge is 2.27. The van der Waals surface area contributed by atoms with Gasteiger partial charge in [-0.1, -0.05) is 6.07 Å². The van der Waals surface area contributed by atoms with Gasteiger partial charge in [-0.3, -0.25) is 10.1 Å². The topological polar surface area (TPSA) is 115 Å². The van der Waals surface area contributed by atoms with Crippen LogP contribution in [0.4, 0.5) is 5.13 Å². The molecule has 156 valence electrons. The van der Waals surface area contributed by atoms with Crippen LogP contribution in [0.15, 0.2) is 28.5 Å². The molecule has 2 aromatic rings. The van der Waals surface area contributed by atoms with Crippen LogP contribution >= 0.6 is 11.3 Å². The van der Waals surface area contributed by atoms with E-state index in [4.69, 9.17) is 9.47 Å². The lowest BCUT2D eigenvalue weighted by Crippen LogP contribution is -2.40. The van der Waals surface area contributed by atoms with Crippen LogP contribution in [0.3, 0.4) is 0 Å². The quantitative estimate of drug-likeness (QED) is 0.684. The van der Waals surface area contributed by atoms with Crippen molar-refractivity contribution < 1.29 is 27.5 Å². The summed E-state index contributed by atoms with van der Waals surface area (Å²) < 4.78 is 37.1. The highest BCUT2D eigenvalue weighted by atomic mass is 32.2. The van der Waals surface area contributed by atoms with Gasteiger partial charge in [-0.25, -0.2) is 18.2 Å². The minimum absolute atomic E-state index is 0.0431. The zero-order valence-electron chi connectivity index (χ0n) is 16.0. The maximum atomic E-state index is 12.8. The molecule has 1 aliphatic rings. The molecule has 0 unspecified atom stereocenters. The predicted octanol–water partition coefficient (Wildman–Crippen LogP) is 1.90. The Kier molecular flexibility index (Phi) is 6.63. The van der Waals surface area contributed by atoms with E-state index in [1.165, 1.54) is 21.8 Å². The van der Waals surface area contributed by atoms with Crippen molar-refractivity contribution in [1.82, 2.24) is 9.29 Å². The summed E-state index contributed by atoms with van der Waals surface area (Å²) in [4.78, 5) is 28.5. The maximum absolute atomic E-state index is 12.8. The Morgan fingerprint density at radius 3 is 2.72 bits per heavy atom. The molecule has 1 amide bonds. The van der Waals surface area contributed by atoms with Crippen molar-refractivity contribution in [2.75, 3.05) is 38.2 Å². The van der Waals surface area contributed by atoms with Crippen molar-refractivity contribution in [3.63, 3.8) is 0 Å². The number of nitrogens with zero attached hydrogens (tertiary/aromatic N) is 2. The summed E-state index contributed by atoms with van der Waals surface area (Å²) in [5.41, 5.74) is 0.935. The first-order chi connectivity index (χ1) is 13.8. The lowest BCUT2D eigenvalue weighted by Gasteiger charge is -2.26. The zero-order valence-corrected chi connectivity index (χ0v) is 17.6. The number of carbonyl (C=O) groups excluding carboxylic acids is 2. The van der Waals surface area contributed by atoms with Crippen LogP contribution in [-0.4, -0.2) is 62.5 Å². The highest BCUT2D eigenvalue weighted by molar-refractivity contribution is 7.89. The van der Waals surface area contributed by atoms with E-state index in [1.807, 2.05) is 0 Å². The number of anilines is 1. The van der Waals surface area contributed by atoms with Gasteiger partial charge in [0.05, 0.1) is 24.7 Å². The number of esters is 1. The minimum atomic E-state index is -3.72. The molecule has 1 aromatic heterocycles. The number of nitrogens with one attached hydrogen (secondary N) is 1. The SMILES string of the molecule is CCOC(=O)c1csc(NC(=O)c2cc(S(=O)(=O)N3CCOCC3)ccc2C)n1. The van der Waals surface area contributed by atoms with Gasteiger partial charge in [0, 0.05) is 24.0 Å². The Morgan fingerprint density at radius 1 is 1.31 bits per heavy atom. The number of hydrogen-bond donors (Lipinski definition) is 1.